The summed E-state index contributed by atoms with van der Waals surface area (Å²) in [5.74, 6) is 0.00234. The molecule has 0 bridgehead atoms. The molecule has 0 aromatic heterocycles. The second kappa shape index (κ2) is 8.25. The van der Waals surface area contributed by atoms with Crippen LogP contribution in [0.5, 0.6) is 17.2 Å². The maximum absolute atomic E-state index is 12.4. The Morgan fingerprint density at radius 2 is 1.80 bits per heavy atom. The predicted molar refractivity (Wildman–Crippen MR) is 93.6 cm³/mol. The zero-order valence-electron chi connectivity index (χ0n) is 13.7. The fraction of sp³-hybridized carbons (Fsp3) is 0.176. The number of benzene rings is 2. The molecule has 2 aromatic rings. The van der Waals surface area contributed by atoms with E-state index in [0.29, 0.717) is 11.4 Å². The van der Waals surface area contributed by atoms with Gasteiger partial charge in [-0.2, -0.15) is 0 Å². The van der Waals surface area contributed by atoms with Gasteiger partial charge >= 0.3 is 0 Å². The van der Waals surface area contributed by atoms with Crippen LogP contribution in [0.4, 0.5) is 5.69 Å². The van der Waals surface area contributed by atoms with Crippen LogP contribution in [0.3, 0.4) is 0 Å². The molecule has 8 heteroatoms. The van der Waals surface area contributed by atoms with E-state index >= 15 is 0 Å². The first-order valence-electron chi connectivity index (χ1n) is 7.18. The van der Waals surface area contributed by atoms with Gasteiger partial charge < -0.3 is 25.3 Å². The van der Waals surface area contributed by atoms with E-state index in [1.165, 1.54) is 19.2 Å². The van der Waals surface area contributed by atoms with Crippen molar-refractivity contribution in [2.75, 3.05) is 26.1 Å². The number of hydrogen-bond donors (Lipinski definition) is 2. The van der Waals surface area contributed by atoms with Gasteiger partial charge in [-0.05, 0) is 36.4 Å². The Labute approximate surface area is 149 Å². The van der Waals surface area contributed by atoms with Gasteiger partial charge in [0.2, 0.25) is 0 Å². The van der Waals surface area contributed by atoms with Gasteiger partial charge in [-0.3, -0.25) is 9.59 Å². The molecule has 0 aliphatic rings. The zero-order chi connectivity index (χ0) is 18.4. The van der Waals surface area contributed by atoms with Crippen LogP contribution >= 0.6 is 11.6 Å². The van der Waals surface area contributed by atoms with Crippen LogP contribution < -0.4 is 25.3 Å². The molecule has 0 aliphatic carbocycles. The predicted octanol–water partition coefficient (Wildman–Crippen LogP) is 2.47. The van der Waals surface area contributed by atoms with E-state index in [1.54, 1.807) is 31.4 Å². The third-order valence-electron chi connectivity index (χ3n) is 3.20. The summed E-state index contributed by atoms with van der Waals surface area (Å²) in [5, 5.41) is 2.86. The molecule has 0 spiro atoms. The smallest absolute Gasteiger partial charge is 0.255 e. The summed E-state index contributed by atoms with van der Waals surface area (Å²) in [6, 6.07) is 9.74. The fourth-order valence-corrected chi connectivity index (χ4v) is 2.28. The summed E-state index contributed by atoms with van der Waals surface area (Å²) in [5.41, 5.74) is 5.91. The molecule has 0 atom stereocenters. The highest BCUT2D eigenvalue weighted by atomic mass is 35.5. The Morgan fingerprint density at radius 3 is 2.36 bits per heavy atom. The Hall–Kier alpha value is -2.93. The van der Waals surface area contributed by atoms with Crippen molar-refractivity contribution in [2.24, 2.45) is 5.73 Å². The van der Waals surface area contributed by atoms with Crippen LogP contribution in [0.15, 0.2) is 36.4 Å². The van der Waals surface area contributed by atoms with Crippen LogP contribution in [0.2, 0.25) is 5.02 Å². The van der Waals surface area contributed by atoms with Gasteiger partial charge in [-0.1, -0.05) is 11.6 Å². The molecule has 132 valence electrons. The number of nitrogens with two attached hydrogens (primary N) is 1. The monoisotopic (exact) mass is 364 g/mol. The van der Waals surface area contributed by atoms with Crippen molar-refractivity contribution >= 4 is 29.1 Å². The van der Waals surface area contributed by atoms with Gasteiger partial charge in [0.1, 0.15) is 5.75 Å². The number of primary amides is 1. The molecule has 3 N–H and O–H groups in total. The summed E-state index contributed by atoms with van der Waals surface area (Å²) < 4.78 is 15.5. The Bertz CT molecular complexity index is 777. The lowest BCUT2D eigenvalue weighted by atomic mass is 10.1. The van der Waals surface area contributed by atoms with Gasteiger partial charge in [-0.25, -0.2) is 0 Å². The maximum Gasteiger partial charge on any atom is 0.255 e. The molecule has 0 heterocycles. The molecule has 0 fully saturated rings. The number of ether oxygens (including phenoxy) is 3. The number of carbonyl (C=O) groups excluding carboxylic acids is 2. The highest BCUT2D eigenvalue weighted by Gasteiger charge is 2.17. The van der Waals surface area contributed by atoms with Gasteiger partial charge in [0.25, 0.3) is 11.8 Å². The quantitative estimate of drug-likeness (QED) is 0.786. The van der Waals surface area contributed by atoms with Gasteiger partial charge in [0.15, 0.2) is 18.1 Å². The minimum absolute atomic E-state index is 0.125. The molecule has 0 unspecified atom stereocenters. The van der Waals surface area contributed by atoms with Gasteiger partial charge in [0, 0.05) is 11.3 Å². The highest BCUT2D eigenvalue weighted by Crippen LogP contribution is 2.36. The fourth-order valence-electron chi connectivity index (χ4n) is 2.01. The van der Waals surface area contributed by atoms with Crippen molar-refractivity contribution in [3.05, 3.63) is 47.0 Å². The Balaban J connectivity index is 2.21. The second-order valence-corrected chi connectivity index (χ2v) is 5.33. The van der Waals surface area contributed by atoms with Crippen molar-refractivity contribution in [3.8, 4) is 17.2 Å². The normalized spacial score (nSPS) is 10.0. The minimum Gasteiger partial charge on any atom is -0.497 e. The average molecular weight is 365 g/mol. The molecule has 0 saturated heterocycles. The largest absolute Gasteiger partial charge is 0.497 e. The van der Waals surface area contributed by atoms with E-state index in [1.807, 2.05) is 0 Å². The van der Waals surface area contributed by atoms with Crippen molar-refractivity contribution < 1.29 is 23.8 Å². The summed E-state index contributed by atoms with van der Waals surface area (Å²) >= 11 is 6.13. The van der Waals surface area contributed by atoms with E-state index in [0.717, 1.165) is 0 Å². The van der Waals surface area contributed by atoms with Crippen molar-refractivity contribution in [2.45, 2.75) is 0 Å². The number of nitrogens with one attached hydrogen (secondary N) is 1. The van der Waals surface area contributed by atoms with Crippen LogP contribution in [-0.2, 0) is 4.79 Å². The van der Waals surface area contributed by atoms with Gasteiger partial charge in [-0.15, -0.1) is 0 Å². The molecule has 0 aliphatic heterocycles. The number of hydrogen-bond acceptors (Lipinski definition) is 5. The molecule has 2 amide bonds. The van der Waals surface area contributed by atoms with Gasteiger partial charge in [0.05, 0.1) is 19.2 Å². The number of carbonyl (C=O) groups is 2. The number of anilines is 1. The number of amides is 2. The summed E-state index contributed by atoms with van der Waals surface area (Å²) in [6.45, 7) is -0.354. The minimum atomic E-state index is -0.653. The SMILES string of the molecule is COc1ccc(NC(=O)c2cc(Cl)c(OCC(N)=O)c(OC)c2)cc1. The van der Waals surface area contributed by atoms with E-state index in [4.69, 9.17) is 31.5 Å². The summed E-state index contributed by atoms with van der Waals surface area (Å²) in [4.78, 5) is 23.2. The van der Waals surface area contributed by atoms with Crippen LogP contribution in [0.1, 0.15) is 10.4 Å². The number of rotatable bonds is 7. The van der Waals surface area contributed by atoms with Crippen molar-refractivity contribution in [1.29, 1.82) is 0 Å². The molecular weight excluding hydrogens is 348 g/mol. The maximum atomic E-state index is 12.4. The van der Waals surface area contributed by atoms with Crippen LogP contribution in [0, 0.1) is 0 Å². The summed E-state index contributed by atoms with van der Waals surface area (Å²) in [7, 11) is 2.96. The Kier molecular flexibility index (Phi) is 6.08. The number of methoxy groups -OCH3 is 2. The molecule has 2 aromatic carbocycles. The number of halogens is 1. The van der Waals surface area contributed by atoms with Crippen LogP contribution in [-0.4, -0.2) is 32.6 Å². The molecule has 0 saturated carbocycles. The summed E-state index contributed by atoms with van der Waals surface area (Å²) in [6.07, 6.45) is 0. The molecular formula is C17H17ClN2O5. The third-order valence-corrected chi connectivity index (χ3v) is 3.48. The first-order valence-corrected chi connectivity index (χ1v) is 7.56. The highest BCUT2D eigenvalue weighted by molar-refractivity contribution is 6.32. The van der Waals surface area contributed by atoms with Crippen molar-refractivity contribution in [1.82, 2.24) is 0 Å². The van der Waals surface area contributed by atoms with E-state index in [2.05, 4.69) is 5.32 Å². The second-order valence-electron chi connectivity index (χ2n) is 4.93. The van der Waals surface area contributed by atoms with E-state index < -0.39 is 5.91 Å². The topological polar surface area (TPSA) is 99.9 Å². The first kappa shape index (κ1) is 18.4. The standard InChI is InChI=1S/C17H17ClN2O5/c1-23-12-5-3-11(4-6-12)20-17(22)10-7-13(18)16(14(8-10)24-2)25-9-15(19)21/h3-8H,9H2,1-2H3,(H2,19,21)(H,20,22). The Morgan fingerprint density at radius 1 is 1.12 bits per heavy atom. The van der Waals surface area contributed by atoms with E-state index in [-0.39, 0.29) is 34.6 Å². The zero-order valence-corrected chi connectivity index (χ0v) is 14.4. The lowest BCUT2D eigenvalue weighted by molar-refractivity contribution is -0.119. The third kappa shape index (κ3) is 4.77. The average Bonchev–Trinajstić information content (AvgIpc) is 2.60. The molecule has 0 radical (unpaired) electrons. The lowest BCUT2D eigenvalue weighted by Gasteiger charge is -2.13. The molecule has 25 heavy (non-hydrogen) atoms. The molecule has 2 rings (SSSR count). The molecule has 7 nitrogen and oxygen atoms in total. The first-order chi connectivity index (χ1) is 11.9. The lowest BCUT2D eigenvalue weighted by Crippen LogP contribution is -2.20. The van der Waals surface area contributed by atoms with Crippen LogP contribution in [0.25, 0.3) is 0 Å². The van der Waals surface area contributed by atoms with Crippen molar-refractivity contribution in [3.63, 3.8) is 0 Å². The van der Waals surface area contributed by atoms with E-state index in [9.17, 15) is 9.59 Å².